The minimum atomic E-state index is -0.559. The van der Waals surface area contributed by atoms with Crippen LogP contribution in [0.3, 0.4) is 0 Å². The first-order valence-electron chi connectivity index (χ1n) is 7.22. The molecule has 2 N–H and O–H groups in total. The van der Waals surface area contributed by atoms with Gasteiger partial charge in [-0.15, -0.1) is 0 Å². The number of hydrogen-bond acceptors (Lipinski definition) is 4. The first-order chi connectivity index (χ1) is 8.68. The fourth-order valence-corrected chi connectivity index (χ4v) is 3.22. The van der Waals surface area contributed by atoms with Gasteiger partial charge in [0.15, 0.2) is 0 Å². The van der Waals surface area contributed by atoms with Crippen molar-refractivity contribution in [2.45, 2.75) is 50.7 Å². The third-order valence-corrected chi connectivity index (χ3v) is 4.55. The molecule has 4 nitrogen and oxygen atoms in total. The van der Waals surface area contributed by atoms with Gasteiger partial charge in [-0.1, -0.05) is 13.3 Å². The van der Waals surface area contributed by atoms with Crippen LogP contribution in [0.4, 0.5) is 0 Å². The molecule has 0 aromatic heterocycles. The van der Waals surface area contributed by atoms with Crippen LogP contribution in [-0.4, -0.2) is 42.8 Å². The van der Waals surface area contributed by atoms with Crippen molar-refractivity contribution in [2.75, 3.05) is 26.2 Å². The Bertz CT molecular complexity index is 315. The lowest BCUT2D eigenvalue weighted by molar-refractivity contribution is -0.0312. The highest BCUT2D eigenvalue weighted by Crippen LogP contribution is 2.35. The first kappa shape index (κ1) is 13.8. The summed E-state index contributed by atoms with van der Waals surface area (Å²) >= 11 is 0. The zero-order valence-electron chi connectivity index (χ0n) is 11.4. The highest BCUT2D eigenvalue weighted by molar-refractivity contribution is 5.11. The molecule has 3 atom stereocenters. The van der Waals surface area contributed by atoms with E-state index in [9.17, 15) is 5.26 Å². The van der Waals surface area contributed by atoms with Gasteiger partial charge in [0.05, 0.1) is 18.8 Å². The topological polar surface area (TPSA) is 62.3 Å². The summed E-state index contributed by atoms with van der Waals surface area (Å²) < 4.78 is 5.67. The van der Waals surface area contributed by atoms with Gasteiger partial charge in [-0.05, 0) is 38.1 Å². The molecule has 2 fully saturated rings. The molecule has 1 heterocycles. The predicted octanol–water partition coefficient (Wildman–Crippen LogP) is 1.51. The standard InChI is InChI=1S/C14H25N3O/c1-2-13-10-17(8-9-18-13)7-5-12-4-3-6-14(12,16)11-15/h12-13H,2-10,16H2,1H3. The van der Waals surface area contributed by atoms with Crippen LogP contribution >= 0.6 is 0 Å². The van der Waals surface area contributed by atoms with Crippen molar-refractivity contribution in [1.82, 2.24) is 4.90 Å². The van der Waals surface area contributed by atoms with Gasteiger partial charge in [0.25, 0.3) is 0 Å². The van der Waals surface area contributed by atoms with Gasteiger partial charge < -0.3 is 10.5 Å². The van der Waals surface area contributed by atoms with Crippen LogP contribution in [0.1, 0.15) is 39.0 Å². The molecular formula is C14H25N3O. The smallest absolute Gasteiger partial charge is 0.107 e. The average molecular weight is 251 g/mol. The summed E-state index contributed by atoms with van der Waals surface area (Å²) in [7, 11) is 0. The summed E-state index contributed by atoms with van der Waals surface area (Å²) in [5, 5.41) is 9.20. The molecule has 0 aromatic carbocycles. The van der Waals surface area contributed by atoms with Crippen LogP contribution < -0.4 is 5.73 Å². The molecule has 0 amide bonds. The lowest BCUT2D eigenvalue weighted by atomic mass is 9.87. The van der Waals surface area contributed by atoms with Gasteiger partial charge in [0, 0.05) is 13.1 Å². The fraction of sp³-hybridized carbons (Fsp3) is 0.929. The maximum Gasteiger partial charge on any atom is 0.107 e. The van der Waals surface area contributed by atoms with Gasteiger partial charge in [-0.2, -0.15) is 5.26 Å². The third-order valence-electron chi connectivity index (χ3n) is 4.55. The number of hydrogen-bond donors (Lipinski definition) is 1. The van der Waals surface area contributed by atoms with Crippen molar-refractivity contribution >= 4 is 0 Å². The van der Waals surface area contributed by atoms with Gasteiger partial charge in [-0.25, -0.2) is 0 Å². The highest BCUT2D eigenvalue weighted by Gasteiger charge is 2.39. The predicted molar refractivity (Wildman–Crippen MR) is 71.0 cm³/mol. The molecule has 1 saturated carbocycles. The van der Waals surface area contributed by atoms with Crippen molar-refractivity contribution in [3.8, 4) is 6.07 Å². The Balaban J connectivity index is 1.79. The molecule has 3 unspecified atom stereocenters. The minimum absolute atomic E-state index is 0.380. The summed E-state index contributed by atoms with van der Waals surface area (Å²) in [5.74, 6) is 0.380. The molecule has 18 heavy (non-hydrogen) atoms. The van der Waals surface area contributed by atoms with Crippen LogP contribution in [0.15, 0.2) is 0 Å². The fourth-order valence-electron chi connectivity index (χ4n) is 3.22. The van der Waals surface area contributed by atoms with Crippen molar-refractivity contribution < 1.29 is 4.74 Å². The van der Waals surface area contributed by atoms with Crippen molar-refractivity contribution in [3.63, 3.8) is 0 Å². The Morgan fingerprint density at radius 1 is 1.56 bits per heavy atom. The van der Waals surface area contributed by atoms with E-state index in [1.54, 1.807) is 0 Å². The van der Waals surface area contributed by atoms with Crippen LogP contribution in [0.25, 0.3) is 0 Å². The second-order valence-corrected chi connectivity index (χ2v) is 5.73. The van der Waals surface area contributed by atoms with Crippen molar-refractivity contribution in [1.29, 1.82) is 5.26 Å². The molecule has 0 aromatic rings. The van der Waals surface area contributed by atoms with E-state index >= 15 is 0 Å². The van der Waals surface area contributed by atoms with Crippen LogP contribution in [0.2, 0.25) is 0 Å². The van der Waals surface area contributed by atoms with Gasteiger partial charge in [0.2, 0.25) is 0 Å². The van der Waals surface area contributed by atoms with E-state index in [-0.39, 0.29) is 0 Å². The molecule has 1 aliphatic carbocycles. The summed E-state index contributed by atoms with van der Waals surface area (Å²) in [6.45, 7) is 6.13. The molecule has 0 spiro atoms. The van der Waals surface area contributed by atoms with E-state index in [1.165, 1.54) is 0 Å². The molecule has 2 rings (SSSR count). The largest absolute Gasteiger partial charge is 0.376 e. The summed E-state index contributed by atoms with van der Waals surface area (Å²) in [6, 6.07) is 2.33. The summed E-state index contributed by atoms with van der Waals surface area (Å²) in [5.41, 5.74) is 5.61. The first-order valence-corrected chi connectivity index (χ1v) is 7.22. The Hall–Kier alpha value is -0.630. The van der Waals surface area contributed by atoms with E-state index in [4.69, 9.17) is 10.5 Å². The highest BCUT2D eigenvalue weighted by atomic mass is 16.5. The molecule has 4 heteroatoms. The van der Waals surface area contributed by atoms with E-state index in [0.717, 1.165) is 58.3 Å². The molecule has 0 radical (unpaired) electrons. The third kappa shape index (κ3) is 3.03. The quantitative estimate of drug-likeness (QED) is 0.822. The van der Waals surface area contributed by atoms with Gasteiger partial charge in [0.1, 0.15) is 5.54 Å². The molecule has 102 valence electrons. The normalized spacial score (nSPS) is 37.6. The molecule has 2 aliphatic rings. The van der Waals surface area contributed by atoms with E-state index in [2.05, 4.69) is 17.9 Å². The number of nitriles is 1. The summed E-state index contributed by atoms with van der Waals surface area (Å²) in [6.07, 6.45) is 5.62. The monoisotopic (exact) mass is 251 g/mol. The van der Waals surface area contributed by atoms with Crippen LogP contribution in [-0.2, 0) is 4.74 Å². The second-order valence-electron chi connectivity index (χ2n) is 5.73. The Morgan fingerprint density at radius 3 is 3.11 bits per heavy atom. The maximum atomic E-state index is 9.20. The number of nitrogens with zero attached hydrogens (tertiary/aromatic N) is 2. The van der Waals surface area contributed by atoms with Crippen LogP contribution in [0, 0.1) is 17.2 Å². The zero-order valence-corrected chi connectivity index (χ0v) is 11.4. The zero-order chi connectivity index (χ0) is 13.0. The minimum Gasteiger partial charge on any atom is -0.376 e. The van der Waals surface area contributed by atoms with Crippen molar-refractivity contribution in [2.24, 2.45) is 11.7 Å². The van der Waals surface area contributed by atoms with E-state index in [0.29, 0.717) is 12.0 Å². The molecule has 1 saturated heterocycles. The number of ether oxygens (including phenoxy) is 1. The van der Waals surface area contributed by atoms with E-state index < -0.39 is 5.54 Å². The lowest BCUT2D eigenvalue weighted by Gasteiger charge is -2.34. The average Bonchev–Trinajstić information content (AvgIpc) is 2.79. The second kappa shape index (κ2) is 6.01. The van der Waals surface area contributed by atoms with Gasteiger partial charge in [-0.3, -0.25) is 4.90 Å². The maximum absolute atomic E-state index is 9.20. The Morgan fingerprint density at radius 2 is 2.39 bits per heavy atom. The Labute approximate surface area is 110 Å². The summed E-state index contributed by atoms with van der Waals surface area (Å²) in [4.78, 5) is 2.47. The van der Waals surface area contributed by atoms with Crippen LogP contribution in [0.5, 0.6) is 0 Å². The van der Waals surface area contributed by atoms with Crippen molar-refractivity contribution in [3.05, 3.63) is 0 Å². The molecule has 0 bridgehead atoms. The number of rotatable bonds is 4. The molecular weight excluding hydrogens is 226 g/mol. The lowest BCUT2D eigenvalue weighted by Crippen LogP contribution is -2.46. The SMILES string of the molecule is CCC1CN(CCC2CCCC2(N)C#N)CCO1. The Kier molecular flexibility index (Phi) is 4.60. The van der Waals surface area contributed by atoms with Gasteiger partial charge >= 0.3 is 0 Å². The van der Waals surface area contributed by atoms with E-state index in [1.807, 2.05) is 0 Å². The number of nitrogens with two attached hydrogens (primary N) is 1. The number of morpholine rings is 1. The molecule has 1 aliphatic heterocycles.